The number of hydrogen-bond acceptors (Lipinski definition) is 2. The summed E-state index contributed by atoms with van der Waals surface area (Å²) in [5.41, 5.74) is 1.50. The molecule has 3 rings (SSSR count). The van der Waals surface area contributed by atoms with E-state index in [9.17, 15) is 10.2 Å². The Morgan fingerprint density at radius 2 is 1.83 bits per heavy atom. The normalized spacial score (nSPS) is 39.6. The van der Waals surface area contributed by atoms with Gasteiger partial charge in [0.15, 0.2) is 0 Å². The summed E-state index contributed by atoms with van der Waals surface area (Å²) in [6, 6.07) is 7.67. The van der Waals surface area contributed by atoms with E-state index in [2.05, 4.69) is 6.92 Å². The van der Waals surface area contributed by atoms with Crippen LogP contribution in [0.3, 0.4) is 0 Å². The van der Waals surface area contributed by atoms with Crippen molar-refractivity contribution in [3.63, 3.8) is 0 Å². The molecule has 2 N–H and O–H groups in total. The van der Waals surface area contributed by atoms with Crippen molar-refractivity contribution in [1.82, 2.24) is 0 Å². The van der Waals surface area contributed by atoms with Gasteiger partial charge in [0.2, 0.25) is 0 Å². The Bertz CT molecular complexity index is 425. The maximum Gasteiger partial charge on any atom is 0.115 e. The Kier molecular flexibility index (Phi) is 2.86. The molecule has 2 aliphatic rings. The maximum atomic E-state index is 10.1. The Labute approximate surface area is 109 Å². The number of fused-ring (bicyclic) bond motifs is 1. The number of aliphatic hydroxyl groups is 1. The van der Waals surface area contributed by atoms with Crippen LogP contribution >= 0.6 is 0 Å². The predicted molar refractivity (Wildman–Crippen MR) is 71.5 cm³/mol. The first kappa shape index (κ1) is 12.0. The molecular formula is C16H22O2. The van der Waals surface area contributed by atoms with Crippen LogP contribution in [0.15, 0.2) is 24.3 Å². The van der Waals surface area contributed by atoms with Gasteiger partial charge in [0, 0.05) is 0 Å². The summed E-state index contributed by atoms with van der Waals surface area (Å²) in [5.74, 6) is 1.62. The summed E-state index contributed by atoms with van der Waals surface area (Å²) in [7, 11) is 0. The second-order valence-corrected chi connectivity index (χ2v) is 6.36. The zero-order chi connectivity index (χ0) is 12.8. The van der Waals surface area contributed by atoms with E-state index in [4.69, 9.17) is 0 Å². The molecule has 0 spiro atoms. The molecule has 0 bridgehead atoms. The highest BCUT2D eigenvalue weighted by Gasteiger charge is 2.48. The van der Waals surface area contributed by atoms with Crippen LogP contribution in [0.1, 0.15) is 50.5 Å². The molecule has 2 aliphatic carbocycles. The van der Waals surface area contributed by atoms with Gasteiger partial charge in [-0.05, 0) is 67.1 Å². The topological polar surface area (TPSA) is 40.5 Å². The summed E-state index contributed by atoms with van der Waals surface area (Å²) in [5, 5.41) is 19.5. The lowest BCUT2D eigenvalue weighted by atomic mass is 9.64. The molecule has 0 radical (unpaired) electrons. The van der Waals surface area contributed by atoms with Crippen LogP contribution in [0.4, 0.5) is 0 Å². The molecule has 1 aromatic rings. The molecule has 2 fully saturated rings. The van der Waals surface area contributed by atoms with Crippen molar-refractivity contribution in [2.75, 3.05) is 0 Å². The van der Waals surface area contributed by atoms with E-state index in [-0.39, 0.29) is 11.5 Å². The summed E-state index contributed by atoms with van der Waals surface area (Å²) in [6.45, 7) is 2.27. The molecule has 2 saturated carbocycles. The van der Waals surface area contributed by atoms with E-state index in [0.717, 1.165) is 19.3 Å². The SMILES string of the molecule is C[C@]12CCC(c3ccc(O)cc3)C[C@H]1CC[C@@H]2O. The lowest BCUT2D eigenvalue weighted by Gasteiger charge is -2.42. The third-order valence-corrected chi connectivity index (χ3v) is 5.45. The third kappa shape index (κ3) is 1.83. The Hall–Kier alpha value is -1.02. The summed E-state index contributed by atoms with van der Waals surface area (Å²) < 4.78 is 0. The van der Waals surface area contributed by atoms with Crippen molar-refractivity contribution in [1.29, 1.82) is 0 Å². The van der Waals surface area contributed by atoms with Gasteiger partial charge in [0.05, 0.1) is 6.10 Å². The van der Waals surface area contributed by atoms with Crippen LogP contribution in [0, 0.1) is 11.3 Å². The summed E-state index contributed by atoms with van der Waals surface area (Å²) >= 11 is 0. The van der Waals surface area contributed by atoms with Crippen molar-refractivity contribution in [3.05, 3.63) is 29.8 Å². The molecule has 4 atom stereocenters. The molecule has 18 heavy (non-hydrogen) atoms. The molecule has 2 nitrogen and oxygen atoms in total. The average Bonchev–Trinajstić information content (AvgIpc) is 2.66. The third-order valence-electron chi connectivity index (χ3n) is 5.45. The molecular weight excluding hydrogens is 224 g/mol. The first-order valence-electron chi connectivity index (χ1n) is 7.06. The van der Waals surface area contributed by atoms with Crippen LogP contribution in [0.5, 0.6) is 5.75 Å². The number of aliphatic hydroxyl groups excluding tert-OH is 1. The Morgan fingerprint density at radius 1 is 1.11 bits per heavy atom. The number of benzene rings is 1. The molecule has 1 unspecified atom stereocenters. The van der Waals surface area contributed by atoms with E-state index in [0.29, 0.717) is 17.6 Å². The molecule has 0 aliphatic heterocycles. The fraction of sp³-hybridized carbons (Fsp3) is 0.625. The van der Waals surface area contributed by atoms with Crippen molar-refractivity contribution < 1.29 is 10.2 Å². The van der Waals surface area contributed by atoms with Gasteiger partial charge in [0.1, 0.15) is 5.75 Å². The Morgan fingerprint density at radius 3 is 2.56 bits per heavy atom. The fourth-order valence-electron chi connectivity index (χ4n) is 4.04. The van der Waals surface area contributed by atoms with Crippen LogP contribution in [0.25, 0.3) is 0 Å². The highest BCUT2D eigenvalue weighted by atomic mass is 16.3. The van der Waals surface area contributed by atoms with Gasteiger partial charge >= 0.3 is 0 Å². The highest BCUT2D eigenvalue weighted by Crippen LogP contribution is 2.55. The van der Waals surface area contributed by atoms with Crippen molar-refractivity contribution >= 4 is 0 Å². The number of phenols is 1. The minimum atomic E-state index is -0.0942. The van der Waals surface area contributed by atoms with E-state index in [1.165, 1.54) is 18.4 Å². The first-order valence-corrected chi connectivity index (χ1v) is 7.06. The number of phenolic OH excluding ortho intramolecular Hbond substituents is 1. The van der Waals surface area contributed by atoms with E-state index < -0.39 is 0 Å². The van der Waals surface area contributed by atoms with Crippen LogP contribution in [-0.2, 0) is 0 Å². The summed E-state index contributed by atoms with van der Waals surface area (Å²) in [4.78, 5) is 0. The van der Waals surface area contributed by atoms with Gasteiger partial charge in [-0.15, -0.1) is 0 Å². The van der Waals surface area contributed by atoms with Crippen LogP contribution in [0.2, 0.25) is 0 Å². The fourth-order valence-corrected chi connectivity index (χ4v) is 4.04. The minimum Gasteiger partial charge on any atom is -0.508 e. The van der Waals surface area contributed by atoms with Crippen molar-refractivity contribution in [2.24, 2.45) is 11.3 Å². The van der Waals surface area contributed by atoms with Crippen molar-refractivity contribution in [2.45, 2.75) is 51.0 Å². The quantitative estimate of drug-likeness (QED) is 0.797. The van der Waals surface area contributed by atoms with Gasteiger partial charge < -0.3 is 10.2 Å². The van der Waals surface area contributed by atoms with Gasteiger partial charge in [-0.1, -0.05) is 19.1 Å². The monoisotopic (exact) mass is 246 g/mol. The van der Waals surface area contributed by atoms with Crippen LogP contribution in [-0.4, -0.2) is 16.3 Å². The van der Waals surface area contributed by atoms with Gasteiger partial charge in [0.25, 0.3) is 0 Å². The molecule has 0 saturated heterocycles. The summed E-state index contributed by atoms with van der Waals surface area (Å²) in [6.07, 6.45) is 5.54. The largest absolute Gasteiger partial charge is 0.508 e. The lowest BCUT2D eigenvalue weighted by molar-refractivity contribution is 0.00872. The van der Waals surface area contributed by atoms with Gasteiger partial charge in [-0.3, -0.25) is 0 Å². The molecule has 0 heterocycles. The molecule has 0 aromatic heterocycles. The zero-order valence-corrected chi connectivity index (χ0v) is 11.0. The lowest BCUT2D eigenvalue weighted by Crippen LogP contribution is -2.36. The van der Waals surface area contributed by atoms with E-state index in [1.807, 2.05) is 12.1 Å². The molecule has 98 valence electrons. The molecule has 2 heteroatoms. The van der Waals surface area contributed by atoms with Crippen LogP contribution < -0.4 is 0 Å². The number of hydrogen-bond donors (Lipinski definition) is 2. The zero-order valence-electron chi connectivity index (χ0n) is 11.0. The molecule has 0 amide bonds. The second-order valence-electron chi connectivity index (χ2n) is 6.36. The molecule has 1 aromatic carbocycles. The highest BCUT2D eigenvalue weighted by molar-refractivity contribution is 5.29. The smallest absolute Gasteiger partial charge is 0.115 e. The first-order chi connectivity index (χ1) is 8.59. The minimum absolute atomic E-state index is 0.0942. The van der Waals surface area contributed by atoms with Gasteiger partial charge in [-0.25, -0.2) is 0 Å². The standard InChI is InChI=1S/C16H22O2/c1-16-9-8-12(10-13(16)4-7-15(16)18)11-2-5-14(17)6-3-11/h2-3,5-6,12-13,15,17-18H,4,7-10H2,1H3/t12?,13-,15+,16+/m1/s1. The number of rotatable bonds is 1. The number of aromatic hydroxyl groups is 1. The van der Waals surface area contributed by atoms with E-state index in [1.54, 1.807) is 12.1 Å². The second kappa shape index (κ2) is 4.27. The Balaban J connectivity index is 1.77. The maximum absolute atomic E-state index is 10.1. The van der Waals surface area contributed by atoms with E-state index >= 15 is 0 Å². The van der Waals surface area contributed by atoms with Gasteiger partial charge in [-0.2, -0.15) is 0 Å². The average molecular weight is 246 g/mol. The predicted octanol–water partition coefficient (Wildman–Crippen LogP) is 3.44. The van der Waals surface area contributed by atoms with Crippen molar-refractivity contribution in [3.8, 4) is 5.75 Å².